The van der Waals surface area contributed by atoms with Crippen molar-refractivity contribution in [2.24, 2.45) is 5.73 Å². The Labute approximate surface area is 147 Å². The molecule has 5 heteroatoms. The molecule has 0 aliphatic rings. The Balaban J connectivity index is 1.92. The fourth-order valence-corrected chi connectivity index (χ4v) is 2.58. The number of methoxy groups -OCH3 is 1. The molecule has 0 radical (unpaired) electrons. The summed E-state index contributed by atoms with van der Waals surface area (Å²) in [6.07, 6.45) is 0.793. The fraction of sp³-hybridized carbons (Fsp3) is 0.200. The van der Waals surface area contributed by atoms with Gasteiger partial charge in [0, 0.05) is 11.6 Å². The molecule has 0 aliphatic carbocycles. The third kappa shape index (κ3) is 4.14. The summed E-state index contributed by atoms with van der Waals surface area (Å²) < 4.78 is 11.4. The van der Waals surface area contributed by atoms with E-state index in [9.17, 15) is 0 Å². The van der Waals surface area contributed by atoms with Crippen molar-refractivity contribution >= 4 is 0 Å². The SMILES string of the molecule is COc1cc(CCN)ccc1Oc1cc(-c2ccccc2)nc(C)n1. The Kier molecular flexibility index (Phi) is 5.26. The Morgan fingerprint density at radius 1 is 0.960 bits per heavy atom. The molecule has 2 aromatic carbocycles. The van der Waals surface area contributed by atoms with Crippen molar-refractivity contribution in [1.29, 1.82) is 0 Å². The summed E-state index contributed by atoms with van der Waals surface area (Å²) in [7, 11) is 1.62. The Morgan fingerprint density at radius 3 is 2.48 bits per heavy atom. The molecule has 25 heavy (non-hydrogen) atoms. The van der Waals surface area contributed by atoms with Gasteiger partial charge in [0.05, 0.1) is 12.8 Å². The smallest absolute Gasteiger partial charge is 0.223 e. The van der Waals surface area contributed by atoms with E-state index < -0.39 is 0 Å². The van der Waals surface area contributed by atoms with Crippen molar-refractivity contribution < 1.29 is 9.47 Å². The number of ether oxygens (including phenoxy) is 2. The second-order valence-electron chi connectivity index (χ2n) is 5.63. The van der Waals surface area contributed by atoms with Crippen LogP contribution in [0.1, 0.15) is 11.4 Å². The second-order valence-corrected chi connectivity index (χ2v) is 5.63. The molecule has 5 nitrogen and oxygen atoms in total. The van der Waals surface area contributed by atoms with E-state index in [1.807, 2.05) is 61.5 Å². The van der Waals surface area contributed by atoms with Gasteiger partial charge >= 0.3 is 0 Å². The summed E-state index contributed by atoms with van der Waals surface area (Å²) in [6, 6.07) is 17.6. The minimum absolute atomic E-state index is 0.483. The van der Waals surface area contributed by atoms with Gasteiger partial charge in [-0.05, 0) is 37.6 Å². The molecule has 0 spiro atoms. The topological polar surface area (TPSA) is 70.3 Å². The lowest BCUT2D eigenvalue weighted by Gasteiger charge is -2.12. The number of nitrogens with zero attached hydrogens (tertiary/aromatic N) is 2. The number of nitrogens with two attached hydrogens (primary N) is 1. The molecule has 0 fully saturated rings. The predicted octanol–water partition coefficient (Wildman–Crippen LogP) is 3.75. The number of rotatable bonds is 6. The number of aryl methyl sites for hydroxylation is 1. The van der Waals surface area contributed by atoms with Gasteiger partial charge < -0.3 is 15.2 Å². The molecule has 0 bridgehead atoms. The van der Waals surface area contributed by atoms with Crippen molar-refractivity contribution in [3.05, 3.63) is 66.0 Å². The maximum atomic E-state index is 5.97. The Bertz CT molecular complexity index is 851. The summed E-state index contributed by atoms with van der Waals surface area (Å²) in [5.74, 6) is 2.40. The number of hydrogen-bond donors (Lipinski definition) is 1. The zero-order valence-electron chi connectivity index (χ0n) is 14.4. The van der Waals surface area contributed by atoms with Crippen LogP contribution in [0.2, 0.25) is 0 Å². The van der Waals surface area contributed by atoms with Crippen LogP contribution in [0.4, 0.5) is 0 Å². The van der Waals surface area contributed by atoms with Crippen LogP contribution in [0, 0.1) is 6.92 Å². The molecule has 3 aromatic rings. The first-order chi connectivity index (χ1) is 12.2. The summed E-state index contributed by atoms with van der Waals surface area (Å²) >= 11 is 0. The highest BCUT2D eigenvalue weighted by Gasteiger charge is 2.10. The van der Waals surface area contributed by atoms with Crippen molar-refractivity contribution in [3.63, 3.8) is 0 Å². The van der Waals surface area contributed by atoms with Gasteiger partial charge in [-0.15, -0.1) is 0 Å². The molecule has 0 unspecified atom stereocenters. The molecule has 0 atom stereocenters. The molecule has 3 rings (SSSR count). The van der Waals surface area contributed by atoms with E-state index in [2.05, 4.69) is 9.97 Å². The maximum absolute atomic E-state index is 5.97. The van der Waals surface area contributed by atoms with Crippen LogP contribution in [-0.4, -0.2) is 23.6 Å². The third-order valence-corrected chi connectivity index (χ3v) is 3.76. The zero-order chi connectivity index (χ0) is 17.6. The molecule has 0 aliphatic heterocycles. The summed E-state index contributed by atoms with van der Waals surface area (Å²) in [4.78, 5) is 8.87. The lowest BCUT2D eigenvalue weighted by atomic mass is 10.1. The third-order valence-electron chi connectivity index (χ3n) is 3.76. The van der Waals surface area contributed by atoms with Gasteiger partial charge in [0.2, 0.25) is 5.88 Å². The van der Waals surface area contributed by atoms with Crippen LogP contribution in [0.5, 0.6) is 17.4 Å². The van der Waals surface area contributed by atoms with Crippen LogP contribution < -0.4 is 15.2 Å². The standard InChI is InChI=1S/C20H21N3O2/c1-14-22-17(16-6-4-3-5-7-16)13-20(23-14)25-18-9-8-15(10-11-21)12-19(18)24-2/h3-9,12-13H,10-11,21H2,1-2H3. The molecule has 128 valence electrons. The molecular weight excluding hydrogens is 314 g/mol. The van der Waals surface area contributed by atoms with Gasteiger partial charge in [-0.3, -0.25) is 0 Å². The van der Waals surface area contributed by atoms with Crippen molar-refractivity contribution in [3.8, 4) is 28.6 Å². The maximum Gasteiger partial charge on any atom is 0.223 e. The zero-order valence-corrected chi connectivity index (χ0v) is 14.4. The van der Waals surface area contributed by atoms with E-state index in [4.69, 9.17) is 15.2 Å². The first-order valence-electron chi connectivity index (χ1n) is 8.15. The quantitative estimate of drug-likeness (QED) is 0.743. The molecule has 1 aromatic heterocycles. The Hall–Kier alpha value is -2.92. The highest BCUT2D eigenvalue weighted by atomic mass is 16.5. The van der Waals surface area contributed by atoms with Gasteiger partial charge in [-0.25, -0.2) is 4.98 Å². The number of aromatic nitrogens is 2. The van der Waals surface area contributed by atoms with E-state index in [0.29, 0.717) is 29.7 Å². The van der Waals surface area contributed by atoms with Crippen LogP contribution in [-0.2, 0) is 6.42 Å². The van der Waals surface area contributed by atoms with Crippen LogP contribution >= 0.6 is 0 Å². The Morgan fingerprint density at radius 2 is 1.76 bits per heavy atom. The summed E-state index contributed by atoms with van der Waals surface area (Å²) in [5.41, 5.74) is 8.56. The molecule has 0 amide bonds. The number of benzene rings is 2. The van der Waals surface area contributed by atoms with Crippen LogP contribution in [0.15, 0.2) is 54.6 Å². The summed E-state index contributed by atoms with van der Waals surface area (Å²) in [6.45, 7) is 2.44. The lowest BCUT2D eigenvalue weighted by molar-refractivity contribution is 0.373. The average Bonchev–Trinajstić information content (AvgIpc) is 2.63. The van der Waals surface area contributed by atoms with Crippen LogP contribution in [0.3, 0.4) is 0 Å². The van der Waals surface area contributed by atoms with Crippen molar-refractivity contribution in [2.45, 2.75) is 13.3 Å². The molecule has 2 N–H and O–H groups in total. The predicted molar refractivity (Wildman–Crippen MR) is 98.0 cm³/mol. The second kappa shape index (κ2) is 7.77. The number of hydrogen-bond acceptors (Lipinski definition) is 5. The highest BCUT2D eigenvalue weighted by molar-refractivity contribution is 5.60. The molecule has 0 saturated heterocycles. The van der Waals surface area contributed by atoms with Gasteiger partial charge in [0.15, 0.2) is 11.5 Å². The minimum Gasteiger partial charge on any atom is -0.493 e. The van der Waals surface area contributed by atoms with Gasteiger partial charge in [0.1, 0.15) is 5.82 Å². The molecular formula is C20H21N3O2. The molecule has 1 heterocycles. The monoisotopic (exact) mass is 335 g/mol. The van der Waals surface area contributed by atoms with Crippen LogP contribution in [0.25, 0.3) is 11.3 Å². The lowest BCUT2D eigenvalue weighted by Crippen LogP contribution is -2.03. The molecule has 0 saturated carbocycles. The highest BCUT2D eigenvalue weighted by Crippen LogP contribution is 2.32. The minimum atomic E-state index is 0.483. The fourth-order valence-electron chi connectivity index (χ4n) is 2.58. The van der Waals surface area contributed by atoms with Gasteiger partial charge in [0.25, 0.3) is 0 Å². The van der Waals surface area contributed by atoms with Crippen molar-refractivity contribution in [1.82, 2.24) is 9.97 Å². The van der Waals surface area contributed by atoms with Crippen molar-refractivity contribution in [2.75, 3.05) is 13.7 Å². The first-order valence-corrected chi connectivity index (χ1v) is 8.15. The normalized spacial score (nSPS) is 10.5. The van der Waals surface area contributed by atoms with E-state index in [1.54, 1.807) is 7.11 Å². The largest absolute Gasteiger partial charge is 0.493 e. The average molecular weight is 335 g/mol. The van der Waals surface area contributed by atoms with Gasteiger partial charge in [-0.2, -0.15) is 4.98 Å². The van der Waals surface area contributed by atoms with Gasteiger partial charge in [-0.1, -0.05) is 36.4 Å². The van der Waals surface area contributed by atoms with E-state index in [-0.39, 0.29) is 0 Å². The van der Waals surface area contributed by atoms with E-state index in [0.717, 1.165) is 23.2 Å². The van der Waals surface area contributed by atoms with E-state index >= 15 is 0 Å². The van der Waals surface area contributed by atoms with E-state index in [1.165, 1.54) is 0 Å². The summed E-state index contributed by atoms with van der Waals surface area (Å²) in [5, 5.41) is 0. The first kappa shape index (κ1) is 16.9.